The average Bonchev–Trinajstić information content (AvgIpc) is 2.55. The van der Waals surface area contributed by atoms with Gasteiger partial charge in [-0.1, -0.05) is 6.07 Å². The standard InChI is InChI=1S/C16H17N3O4S/c1-10-4-5-14(23-3)12(8-10)18-16(20)11(2)24-15-6-7-17-9-13(15)19(21)22/h4-9,11H,1-3H3,(H,18,20)/t11-/m1/s1. The molecule has 0 aliphatic heterocycles. The lowest BCUT2D eigenvalue weighted by molar-refractivity contribution is -0.388. The highest BCUT2D eigenvalue weighted by atomic mass is 32.2. The van der Waals surface area contributed by atoms with Crippen molar-refractivity contribution >= 4 is 29.0 Å². The van der Waals surface area contributed by atoms with E-state index in [1.807, 2.05) is 19.1 Å². The van der Waals surface area contributed by atoms with Gasteiger partial charge in [0.05, 0.1) is 27.9 Å². The molecular formula is C16H17N3O4S. The first kappa shape index (κ1) is 17.7. The highest BCUT2D eigenvalue weighted by Gasteiger charge is 2.21. The number of pyridine rings is 1. The average molecular weight is 347 g/mol. The number of benzene rings is 1. The van der Waals surface area contributed by atoms with Gasteiger partial charge in [0.2, 0.25) is 5.91 Å². The van der Waals surface area contributed by atoms with E-state index in [1.165, 1.54) is 25.6 Å². The van der Waals surface area contributed by atoms with Crippen LogP contribution in [0.25, 0.3) is 0 Å². The Balaban J connectivity index is 2.14. The predicted octanol–water partition coefficient (Wildman–Crippen LogP) is 3.43. The number of hydrogen-bond donors (Lipinski definition) is 1. The van der Waals surface area contributed by atoms with Crippen molar-refractivity contribution in [3.63, 3.8) is 0 Å². The summed E-state index contributed by atoms with van der Waals surface area (Å²) in [6, 6.07) is 6.99. The molecule has 1 aromatic heterocycles. The van der Waals surface area contributed by atoms with E-state index < -0.39 is 10.2 Å². The summed E-state index contributed by atoms with van der Waals surface area (Å²) in [4.78, 5) is 27.1. The van der Waals surface area contributed by atoms with E-state index in [0.29, 0.717) is 16.3 Å². The fourth-order valence-electron chi connectivity index (χ4n) is 2.01. The van der Waals surface area contributed by atoms with Gasteiger partial charge in [-0.25, -0.2) is 0 Å². The zero-order valence-corrected chi connectivity index (χ0v) is 14.3. The summed E-state index contributed by atoms with van der Waals surface area (Å²) in [5, 5.41) is 13.3. The minimum atomic E-state index is -0.531. The van der Waals surface area contributed by atoms with Gasteiger partial charge in [0.25, 0.3) is 0 Å². The lowest BCUT2D eigenvalue weighted by atomic mass is 10.2. The Kier molecular flexibility index (Phi) is 5.75. The molecule has 1 amide bonds. The van der Waals surface area contributed by atoms with Crippen molar-refractivity contribution in [3.8, 4) is 5.75 Å². The Labute approximate surface area is 143 Å². The number of nitrogens with one attached hydrogen (secondary N) is 1. The second kappa shape index (κ2) is 7.78. The van der Waals surface area contributed by atoms with Gasteiger partial charge < -0.3 is 10.1 Å². The van der Waals surface area contributed by atoms with Crippen LogP contribution in [0.1, 0.15) is 12.5 Å². The summed E-state index contributed by atoms with van der Waals surface area (Å²) in [6.45, 7) is 3.60. The molecule has 0 spiro atoms. The molecule has 7 nitrogen and oxygen atoms in total. The molecule has 0 saturated heterocycles. The van der Waals surface area contributed by atoms with E-state index in [4.69, 9.17) is 4.74 Å². The molecule has 2 rings (SSSR count). The fourth-order valence-corrected chi connectivity index (χ4v) is 2.94. The van der Waals surface area contributed by atoms with Crippen molar-refractivity contribution in [2.75, 3.05) is 12.4 Å². The molecule has 0 bridgehead atoms. The number of methoxy groups -OCH3 is 1. The molecular weight excluding hydrogens is 330 g/mol. The smallest absolute Gasteiger partial charge is 0.301 e. The molecule has 1 N–H and O–H groups in total. The summed E-state index contributed by atoms with van der Waals surface area (Å²) in [7, 11) is 1.53. The minimum Gasteiger partial charge on any atom is -0.495 e. The molecule has 0 aliphatic rings. The van der Waals surface area contributed by atoms with Gasteiger partial charge in [0, 0.05) is 6.20 Å². The van der Waals surface area contributed by atoms with E-state index >= 15 is 0 Å². The Morgan fingerprint density at radius 1 is 1.42 bits per heavy atom. The van der Waals surface area contributed by atoms with Crippen molar-refractivity contribution in [1.82, 2.24) is 4.98 Å². The number of carbonyl (C=O) groups is 1. The van der Waals surface area contributed by atoms with Crippen molar-refractivity contribution in [1.29, 1.82) is 0 Å². The minimum absolute atomic E-state index is 0.115. The SMILES string of the molecule is COc1ccc(C)cc1NC(=O)[C@@H](C)Sc1ccncc1[N+](=O)[O-]. The summed E-state index contributed by atoms with van der Waals surface area (Å²) in [5.74, 6) is 0.288. The first-order valence-corrected chi connectivity index (χ1v) is 8.01. The fraction of sp³-hybridized carbons (Fsp3) is 0.250. The highest BCUT2D eigenvalue weighted by Crippen LogP contribution is 2.32. The second-order valence-corrected chi connectivity index (χ2v) is 6.44. The molecule has 8 heteroatoms. The van der Waals surface area contributed by atoms with E-state index in [0.717, 1.165) is 17.3 Å². The van der Waals surface area contributed by atoms with Crippen LogP contribution in [-0.4, -0.2) is 28.2 Å². The first-order valence-electron chi connectivity index (χ1n) is 7.13. The Hall–Kier alpha value is -2.61. The van der Waals surface area contributed by atoms with Gasteiger partial charge in [-0.15, -0.1) is 11.8 Å². The van der Waals surface area contributed by atoms with Crippen molar-refractivity contribution in [2.24, 2.45) is 0 Å². The highest BCUT2D eigenvalue weighted by molar-refractivity contribution is 8.00. The van der Waals surface area contributed by atoms with Gasteiger partial charge in [-0.05, 0) is 37.6 Å². The lowest BCUT2D eigenvalue weighted by Gasteiger charge is -2.14. The lowest BCUT2D eigenvalue weighted by Crippen LogP contribution is -2.22. The summed E-state index contributed by atoms with van der Waals surface area (Å²) < 4.78 is 5.23. The van der Waals surface area contributed by atoms with E-state index in [1.54, 1.807) is 13.0 Å². The monoisotopic (exact) mass is 347 g/mol. The van der Waals surface area contributed by atoms with Gasteiger partial charge in [0.1, 0.15) is 11.9 Å². The number of nitro groups is 1. The van der Waals surface area contributed by atoms with E-state index in [2.05, 4.69) is 10.3 Å². The van der Waals surface area contributed by atoms with E-state index in [9.17, 15) is 14.9 Å². The summed E-state index contributed by atoms with van der Waals surface area (Å²) in [6.07, 6.45) is 2.64. The maximum absolute atomic E-state index is 12.4. The van der Waals surface area contributed by atoms with Crippen LogP contribution in [0, 0.1) is 17.0 Å². The molecule has 2 aromatic rings. The number of anilines is 1. The number of aryl methyl sites for hydroxylation is 1. The number of ether oxygens (including phenoxy) is 1. The van der Waals surface area contributed by atoms with Crippen LogP contribution in [0.2, 0.25) is 0 Å². The van der Waals surface area contributed by atoms with Crippen LogP contribution in [0.5, 0.6) is 5.75 Å². The van der Waals surface area contributed by atoms with Crippen LogP contribution < -0.4 is 10.1 Å². The van der Waals surface area contributed by atoms with Crippen molar-refractivity contribution in [2.45, 2.75) is 24.0 Å². The van der Waals surface area contributed by atoms with Crippen LogP contribution in [-0.2, 0) is 4.79 Å². The Morgan fingerprint density at radius 3 is 2.83 bits per heavy atom. The van der Waals surface area contributed by atoms with Crippen molar-refractivity contribution in [3.05, 3.63) is 52.3 Å². The molecule has 0 saturated carbocycles. The third-order valence-electron chi connectivity index (χ3n) is 3.24. The predicted molar refractivity (Wildman–Crippen MR) is 92.6 cm³/mol. The maximum Gasteiger partial charge on any atom is 0.301 e. The molecule has 24 heavy (non-hydrogen) atoms. The number of rotatable bonds is 6. The molecule has 1 heterocycles. The van der Waals surface area contributed by atoms with Gasteiger partial charge in [-0.3, -0.25) is 19.9 Å². The molecule has 0 fully saturated rings. The van der Waals surface area contributed by atoms with Gasteiger partial charge >= 0.3 is 5.69 Å². The quantitative estimate of drug-likeness (QED) is 0.489. The molecule has 0 radical (unpaired) electrons. The van der Waals surface area contributed by atoms with Gasteiger partial charge in [-0.2, -0.15) is 0 Å². The maximum atomic E-state index is 12.4. The molecule has 1 atom stereocenters. The number of carbonyl (C=O) groups excluding carboxylic acids is 1. The first-order chi connectivity index (χ1) is 11.4. The number of aromatic nitrogens is 1. The van der Waals surface area contributed by atoms with Crippen LogP contribution in [0.3, 0.4) is 0 Å². The van der Waals surface area contributed by atoms with Gasteiger partial charge in [0.15, 0.2) is 0 Å². The Bertz CT molecular complexity index is 767. The van der Waals surface area contributed by atoms with Crippen LogP contribution >= 0.6 is 11.8 Å². The molecule has 0 aliphatic carbocycles. The van der Waals surface area contributed by atoms with Crippen LogP contribution in [0.4, 0.5) is 11.4 Å². The zero-order valence-electron chi connectivity index (χ0n) is 13.5. The number of amides is 1. The zero-order chi connectivity index (χ0) is 17.7. The third-order valence-corrected chi connectivity index (χ3v) is 4.41. The number of thioether (sulfide) groups is 1. The largest absolute Gasteiger partial charge is 0.495 e. The normalized spacial score (nSPS) is 11.6. The molecule has 0 unspecified atom stereocenters. The molecule has 126 valence electrons. The summed E-state index contributed by atoms with van der Waals surface area (Å²) in [5.41, 5.74) is 1.44. The number of nitrogens with zero attached hydrogens (tertiary/aromatic N) is 2. The Morgan fingerprint density at radius 2 is 2.17 bits per heavy atom. The topological polar surface area (TPSA) is 94.4 Å². The van der Waals surface area contributed by atoms with E-state index in [-0.39, 0.29) is 11.6 Å². The molecule has 1 aromatic carbocycles. The summed E-state index contributed by atoms with van der Waals surface area (Å²) >= 11 is 1.11. The second-order valence-electron chi connectivity index (χ2n) is 5.05. The third kappa shape index (κ3) is 4.23. The van der Waals surface area contributed by atoms with Crippen molar-refractivity contribution < 1.29 is 14.5 Å². The number of hydrogen-bond acceptors (Lipinski definition) is 6. The van der Waals surface area contributed by atoms with Crippen LogP contribution in [0.15, 0.2) is 41.6 Å².